The molecule has 11 nitrogen and oxygen atoms in total. The molecule has 2 aromatic carbocycles. The predicted octanol–water partition coefficient (Wildman–Crippen LogP) is 5.83. The van der Waals surface area contributed by atoms with E-state index in [1.165, 1.54) is 16.8 Å². The van der Waals surface area contributed by atoms with E-state index in [-0.39, 0.29) is 30.0 Å². The first-order valence-corrected chi connectivity index (χ1v) is 17.1. The van der Waals surface area contributed by atoms with Crippen LogP contribution in [0.4, 0.5) is 9.59 Å². The first kappa shape index (κ1) is 32.4. The van der Waals surface area contributed by atoms with Gasteiger partial charge >= 0.3 is 12.2 Å². The Balaban J connectivity index is 1.43. The number of hydrogen-bond acceptors (Lipinski definition) is 7. The fourth-order valence-corrected chi connectivity index (χ4v) is 8.29. The first-order chi connectivity index (χ1) is 23.7. The van der Waals surface area contributed by atoms with E-state index in [0.717, 1.165) is 27.6 Å². The van der Waals surface area contributed by atoms with Gasteiger partial charge in [0.25, 0.3) is 0 Å². The van der Waals surface area contributed by atoms with E-state index in [1.54, 1.807) is 4.90 Å². The average Bonchev–Trinajstić information content (AvgIpc) is 3.72. The van der Waals surface area contributed by atoms with E-state index < -0.39 is 35.5 Å². The molecule has 254 valence electrons. The zero-order chi connectivity index (χ0) is 34.4. The maximum atomic E-state index is 14.3. The van der Waals surface area contributed by atoms with E-state index in [2.05, 4.69) is 11.1 Å². The number of cyclic esters (lactones) is 1. The highest BCUT2D eigenvalue weighted by Gasteiger charge is 2.69. The Morgan fingerprint density at radius 3 is 2.51 bits per heavy atom. The number of carbonyl (C=O) groups is 4. The summed E-state index contributed by atoms with van der Waals surface area (Å²) in [7, 11) is 1.52. The number of aliphatic imine (C=N–C) groups is 1. The number of nitrogens with zero attached hydrogens (tertiary/aromatic N) is 4. The molecular formula is C38H41N5O6. The quantitative estimate of drug-likeness (QED) is 0.287. The van der Waals surface area contributed by atoms with Gasteiger partial charge in [0, 0.05) is 61.7 Å². The summed E-state index contributed by atoms with van der Waals surface area (Å²) in [6, 6.07) is 17.7. The van der Waals surface area contributed by atoms with Crippen molar-refractivity contribution in [2.24, 2.45) is 22.7 Å². The Kier molecular flexibility index (Phi) is 8.38. The fourth-order valence-electron chi connectivity index (χ4n) is 8.29. The fraction of sp³-hybridized carbons (Fsp3) is 0.395. The minimum absolute atomic E-state index is 0.0910. The summed E-state index contributed by atoms with van der Waals surface area (Å²) in [6.07, 6.45) is 4.18. The zero-order valence-electron chi connectivity index (χ0n) is 28.3. The van der Waals surface area contributed by atoms with Crippen molar-refractivity contribution in [2.75, 3.05) is 26.7 Å². The van der Waals surface area contributed by atoms with Crippen LogP contribution in [0.15, 0.2) is 88.9 Å². The van der Waals surface area contributed by atoms with Crippen molar-refractivity contribution in [1.29, 1.82) is 0 Å². The van der Waals surface area contributed by atoms with Crippen LogP contribution < -0.4 is 0 Å². The van der Waals surface area contributed by atoms with Gasteiger partial charge in [0.1, 0.15) is 5.54 Å². The number of nitrogens with one attached hydrogen (secondary N) is 1. The molecule has 0 spiro atoms. The maximum Gasteiger partial charge on any atom is 0.424 e. The van der Waals surface area contributed by atoms with E-state index in [4.69, 9.17) is 14.5 Å². The first-order valence-electron chi connectivity index (χ1n) is 17.1. The number of rotatable bonds is 9. The highest BCUT2D eigenvalue weighted by molar-refractivity contribution is 6.09. The monoisotopic (exact) mass is 663 g/mol. The van der Waals surface area contributed by atoms with Gasteiger partial charge in [-0.25, -0.2) is 14.5 Å². The summed E-state index contributed by atoms with van der Waals surface area (Å²) in [5.41, 5.74) is 2.99. The number of amides is 4. The molecule has 1 N–H and O–H groups in total. The largest absolute Gasteiger partial charge is 0.424 e. The molecule has 4 atom stereocenters. The van der Waals surface area contributed by atoms with Crippen molar-refractivity contribution in [2.45, 2.75) is 52.0 Å². The van der Waals surface area contributed by atoms with Crippen molar-refractivity contribution in [3.63, 3.8) is 0 Å². The number of hydrogen-bond donors (Lipinski definition) is 1. The Labute approximate surface area is 285 Å². The summed E-state index contributed by atoms with van der Waals surface area (Å²) in [6.45, 7) is 6.79. The standard InChI is InChI=1S/C38H41N5O6/c1-5-25-27-17-18-28-30(33(45)41(4)32(28)44)31(27)38(21-23-13-9-8-10-14-23)35(39-20-19-24-22-40-29-16-12-11-15-26(24)29)49-37(47)43(38)34(25)48-36(46)42(6-2)7-3/h8-17,22,28,30-31,40H,5-7,18-21H2,1-4H3/t28?,30?,31?,38-/m0/s1. The van der Waals surface area contributed by atoms with Gasteiger partial charge < -0.3 is 19.4 Å². The van der Waals surface area contributed by atoms with E-state index in [9.17, 15) is 19.2 Å². The van der Waals surface area contributed by atoms with Crippen LogP contribution in [0.1, 0.15) is 44.7 Å². The lowest BCUT2D eigenvalue weighted by molar-refractivity contribution is -0.138. The molecule has 3 unspecified atom stereocenters. The van der Waals surface area contributed by atoms with Crippen molar-refractivity contribution < 1.29 is 28.7 Å². The van der Waals surface area contributed by atoms with Crippen molar-refractivity contribution >= 4 is 40.8 Å². The molecule has 1 aromatic heterocycles. The molecule has 0 radical (unpaired) electrons. The molecule has 7 rings (SSSR count). The normalized spacial score (nSPS) is 25.4. The molecule has 4 aliphatic rings. The molecule has 3 aromatic rings. The molecule has 0 saturated carbocycles. The number of likely N-dealkylation sites (tertiary alicyclic amines) is 1. The molecule has 3 aliphatic heterocycles. The third-order valence-electron chi connectivity index (χ3n) is 10.6. The Morgan fingerprint density at radius 2 is 1.78 bits per heavy atom. The summed E-state index contributed by atoms with van der Waals surface area (Å²) in [5, 5.41) is 1.09. The molecular weight excluding hydrogens is 622 g/mol. The molecule has 4 heterocycles. The second-order valence-electron chi connectivity index (χ2n) is 13.0. The SMILES string of the molecule is CCC1=C(OC(=O)N(CC)CC)N2C(=O)OC(=NCCc3c[nH]c4ccccc34)[C@]2(Cc2ccccc2)C2C1=CCC1C(=O)N(C)C(=O)C12. The van der Waals surface area contributed by atoms with Crippen LogP contribution in [-0.2, 0) is 31.9 Å². The van der Waals surface area contributed by atoms with Crippen LogP contribution in [0.2, 0.25) is 0 Å². The summed E-state index contributed by atoms with van der Waals surface area (Å²) in [5.74, 6) is -2.34. The number of fused-ring (bicyclic) bond motifs is 6. The van der Waals surface area contributed by atoms with Gasteiger partial charge in [-0.2, -0.15) is 0 Å². The maximum absolute atomic E-state index is 14.3. The van der Waals surface area contributed by atoms with Crippen LogP contribution in [-0.4, -0.2) is 81.8 Å². The van der Waals surface area contributed by atoms with Crippen molar-refractivity contribution in [1.82, 2.24) is 19.7 Å². The highest BCUT2D eigenvalue weighted by Crippen LogP contribution is 2.57. The molecule has 2 fully saturated rings. The van der Waals surface area contributed by atoms with Crippen molar-refractivity contribution in [3.8, 4) is 0 Å². The highest BCUT2D eigenvalue weighted by atomic mass is 16.6. The molecule has 1 aliphatic carbocycles. The van der Waals surface area contributed by atoms with Crippen LogP contribution in [0.5, 0.6) is 0 Å². The summed E-state index contributed by atoms with van der Waals surface area (Å²) < 4.78 is 12.4. The van der Waals surface area contributed by atoms with Crippen molar-refractivity contribution in [3.05, 3.63) is 95.0 Å². The van der Waals surface area contributed by atoms with Gasteiger partial charge in [0.15, 0.2) is 0 Å². The molecule has 2 saturated heterocycles. The number of H-pyrrole nitrogens is 1. The van der Waals surface area contributed by atoms with Gasteiger partial charge in [0.2, 0.25) is 23.6 Å². The smallest absolute Gasteiger partial charge is 0.393 e. The summed E-state index contributed by atoms with van der Waals surface area (Å²) >= 11 is 0. The van der Waals surface area contributed by atoms with Gasteiger partial charge in [-0.05, 0) is 55.9 Å². The Morgan fingerprint density at radius 1 is 1.04 bits per heavy atom. The topological polar surface area (TPSA) is 125 Å². The Bertz CT molecular complexity index is 1920. The number of imide groups is 1. The van der Waals surface area contributed by atoms with Gasteiger partial charge in [-0.15, -0.1) is 0 Å². The predicted molar refractivity (Wildman–Crippen MR) is 183 cm³/mol. The van der Waals surface area contributed by atoms with E-state index in [0.29, 0.717) is 44.5 Å². The number of aromatic nitrogens is 1. The van der Waals surface area contributed by atoms with Crippen LogP contribution >= 0.6 is 0 Å². The van der Waals surface area contributed by atoms with Crippen LogP contribution in [0.25, 0.3) is 10.9 Å². The van der Waals surface area contributed by atoms with Gasteiger partial charge in [0.05, 0.1) is 11.8 Å². The van der Waals surface area contributed by atoms with E-state index in [1.807, 2.05) is 81.6 Å². The lowest BCUT2D eigenvalue weighted by atomic mass is 9.59. The zero-order valence-corrected chi connectivity index (χ0v) is 28.3. The number of aromatic amines is 1. The molecule has 0 bridgehead atoms. The van der Waals surface area contributed by atoms with Crippen LogP contribution in [0, 0.1) is 17.8 Å². The number of benzene rings is 2. The average molecular weight is 664 g/mol. The Hall–Kier alpha value is -5.19. The second kappa shape index (κ2) is 12.7. The number of carbonyl (C=O) groups excluding carboxylic acids is 4. The number of para-hydroxylation sites is 1. The van der Waals surface area contributed by atoms with Gasteiger partial charge in [-0.1, -0.05) is 61.5 Å². The molecule has 4 amide bonds. The number of ether oxygens (including phenoxy) is 2. The second-order valence-corrected chi connectivity index (χ2v) is 13.0. The minimum atomic E-state index is -1.40. The van der Waals surface area contributed by atoms with Gasteiger partial charge in [-0.3, -0.25) is 19.5 Å². The third kappa shape index (κ3) is 5.05. The lowest BCUT2D eigenvalue weighted by Crippen LogP contribution is -2.63. The molecule has 11 heteroatoms. The number of allylic oxidation sites excluding steroid dienone is 2. The minimum Gasteiger partial charge on any atom is -0.393 e. The van der Waals surface area contributed by atoms with Crippen LogP contribution in [0.3, 0.4) is 0 Å². The lowest BCUT2D eigenvalue weighted by Gasteiger charge is -2.51. The molecule has 49 heavy (non-hydrogen) atoms. The van der Waals surface area contributed by atoms with E-state index >= 15 is 0 Å². The third-order valence-corrected chi connectivity index (χ3v) is 10.6. The summed E-state index contributed by atoms with van der Waals surface area (Å²) in [4.78, 5) is 68.0.